The van der Waals surface area contributed by atoms with Gasteiger partial charge in [0.25, 0.3) is 0 Å². The number of nitrogens with zero attached hydrogens (tertiary/aromatic N) is 1. The second-order valence-corrected chi connectivity index (χ2v) is 5.72. The number of hydrogen-bond donors (Lipinski definition) is 2. The number of carbonyl (C=O) groups is 1. The van der Waals surface area contributed by atoms with Crippen molar-refractivity contribution in [3.63, 3.8) is 0 Å². The van der Waals surface area contributed by atoms with Crippen LogP contribution in [0.15, 0.2) is 24.5 Å². The standard InChI is InChI=1S/C16H24N2O3/c1-2-21-15(19)14-5-7-16(20,8-6-14)12-18-11-13-4-3-9-17-10-13/h3-4,9-10,14,18,20H,2,5-8,11-12H2,1H3. The molecule has 1 aromatic rings. The summed E-state index contributed by atoms with van der Waals surface area (Å²) in [5.41, 5.74) is 0.381. The molecule has 0 radical (unpaired) electrons. The number of ether oxygens (including phenoxy) is 1. The van der Waals surface area contributed by atoms with Gasteiger partial charge in [-0.15, -0.1) is 0 Å². The zero-order valence-corrected chi connectivity index (χ0v) is 12.5. The molecule has 0 atom stereocenters. The molecule has 1 aliphatic rings. The molecule has 0 unspecified atom stereocenters. The Bertz CT molecular complexity index is 442. The summed E-state index contributed by atoms with van der Waals surface area (Å²) in [6, 6.07) is 3.90. The van der Waals surface area contributed by atoms with Gasteiger partial charge in [-0.25, -0.2) is 0 Å². The number of aliphatic hydroxyl groups is 1. The van der Waals surface area contributed by atoms with Crippen molar-refractivity contribution in [1.82, 2.24) is 10.3 Å². The van der Waals surface area contributed by atoms with Crippen molar-refractivity contribution in [2.75, 3.05) is 13.2 Å². The van der Waals surface area contributed by atoms with Gasteiger partial charge in [0, 0.05) is 25.5 Å². The second-order valence-electron chi connectivity index (χ2n) is 5.72. The molecule has 1 heterocycles. The number of nitrogens with one attached hydrogen (secondary N) is 1. The van der Waals surface area contributed by atoms with Crippen LogP contribution in [0.1, 0.15) is 38.2 Å². The molecule has 0 bridgehead atoms. The highest BCUT2D eigenvalue weighted by atomic mass is 16.5. The molecule has 2 N–H and O–H groups in total. The number of pyridine rings is 1. The third-order valence-corrected chi connectivity index (χ3v) is 4.04. The summed E-state index contributed by atoms with van der Waals surface area (Å²) in [5, 5.41) is 13.8. The molecule has 116 valence electrons. The van der Waals surface area contributed by atoms with E-state index in [0.29, 0.717) is 45.4 Å². The Balaban J connectivity index is 1.73. The molecule has 1 aromatic heterocycles. The summed E-state index contributed by atoms with van der Waals surface area (Å²) < 4.78 is 5.05. The molecule has 0 aromatic carbocycles. The van der Waals surface area contributed by atoms with Gasteiger partial charge >= 0.3 is 5.97 Å². The zero-order chi connectivity index (χ0) is 15.1. The van der Waals surface area contributed by atoms with Gasteiger partial charge < -0.3 is 15.2 Å². The minimum Gasteiger partial charge on any atom is -0.466 e. The Hall–Kier alpha value is -1.46. The largest absolute Gasteiger partial charge is 0.466 e. The van der Waals surface area contributed by atoms with Gasteiger partial charge in [0.1, 0.15) is 0 Å². The van der Waals surface area contributed by atoms with Crippen LogP contribution in [0.4, 0.5) is 0 Å². The lowest BCUT2D eigenvalue weighted by Crippen LogP contribution is -2.44. The fourth-order valence-electron chi connectivity index (χ4n) is 2.77. The highest BCUT2D eigenvalue weighted by Gasteiger charge is 2.35. The Labute approximate surface area is 125 Å². The summed E-state index contributed by atoms with van der Waals surface area (Å²) in [5.74, 6) is -0.175. The SMILES string of the molecule is CCOC(=O)C1CCC(O)(CNCc2cccnc2)CC1. The smallest absolute Gasteiger partial charge is 0.308 e. The second kappa shape index (κ2) is 7.52. The van der Waals surface area contributed by atoms with E-state index in [9.17, 15) is 9.90 Å². The molecule has 0 aliphatic heterocycles. The number of aromatic nitrogens is 1. The van der Waals surface area contributed by atoms with E-state index in [-0.39, 0.29) is 11.9 Å². The van der Waals surface area contributed by atoms with Crippen LogP contribution in [-0.2, 0) is 16.1 Å². The first-order chi connectivity index (χ1) is 10.1. The summed E-state index contributed by atoms with van der Waals surface area (Å²) >= 11 is 0. The molecule has 0 amide bonds. The Morgan fingerprint density at radius 1 is 1.52 bits per heavy atom. The van der Waals surface area contributed by atoms with E-state index < -0.39 is 5.60 Å². The van der Waals surface area contributed by atoms with E-state index in [1.165, 1.54) is 0 Å². The summed E-state index contributed by atoms with van der Waals surface area (Å²) in [7, 11) is 0. The van der Waals surface area contributed by atoms with E-state index >= 15 is 0 Å². The molecule has 2 rings (SSSR count). The monoisotopic (exact) mass is 292 g/mol. The van der Waals surface area contributed by atoms with E-state index in [1.54, 1.807) is 6.20 Å². The molecule has 5 heteroatoms. The number of hydrogen-bond acceptors (Lipinski definition) is 5. The average Bonchev–Trinajstić information content (AvgIpc) is 2.49. The lowest BCUT2D eigenvalue weighted by molar-refractivity contribution is -0.151. The van der Waals surface area contributed by atoms with Crippen molar-refractivity contribution in [2.45, 2.75) is 44.8 Å². The first-order valence-electron chi connectivity index (χ1n) is 7.61. The van der Waals surface area contributed by atoms with Gasteiger partial charge in [0.15, 0.2) is 0 Å². The number of carbonyl (C=O) groups excluding carboxylic acids is 1. The molecule has 0 saturated heterocycles. The quantitative estimate of drug-likeness (QED) is 0.780. The molecule has 1 fully saturated rings. The minimum atomic E-state index is -0.717. The molecule has 1 saturated carbocycles. The molecular weight excluding hydrogens is 268 g/mol. The molecule has 1 aliphatic carbocycles. The molecule has 21 heavy (non-hydrogen) atoms. The van der Waals surface area contributed by atoms with Crippen LogP contribution in [0.25, 0.3) is 0 Å². The van der Waals surface area contributed by atoms with Crippen LogP contribution < -0.4 is 5.32 Å². The van der Waals surface area contributed by atoms with Crippen LogP contribution in [0.5, 0.6) is 0 Å². The van der Waals surface area contributed by atoms with Gasteiger partial charge in [-0.2, -0.15) is 0 Å². The number of esters is 1. The maximum absolute atomic E-state index is 11.7. The van der Waals surface area contributed by atoms with E-state index in [1.807, 2.05) is 25.3 Å². The average molecular weight is 292 g/mol. The van der Waals surface area contributed by atoms with Crippen molar-refractivity contribution in [2.24, 2.45) is 5.92 Å². The first kappa shape index (κ1) is 15.9. The maximum atomic E-state index is 11.7. The normalized spacial score (nSPS) is 25.5. The van der Waals surface area contributed by atoms with Crippen LogP contribution in [0.2, 0.25) is 0 Å². The number of rotatable bonds is 6. The van der Waals surface area contributed by atoms with Gasteiger partial charge in [0.05, 0.1) is 18.1 Å². The van der Waals surface area contributed by atoms with Crippen LogP contribution in [0.3, 0.4) is 0 Å². The van der Waals surface area contributed by atoms with Crippen LogP contribution in [0, 0.1) is 5.92 Å². The summed E-state index contributed by atoms with van der Waals surface area (Å²) in [6.07, 6.45) is 6.23. The van der Waals surface area contributed by atoms with E-state index in [4.69, 9.17) is 4.74 Å². The van der Waals surface area contributed by atoms with Crippen LogP contribution in [-0.4, -0.2) is 34.8 Å². The summed E-state index contributed by atoms with van der Waals surface area (Å²) in [6.45, 7) is 3.47. The predicted octanol–water partition coefficient (Wildman–Crippen LogP) is 1.66. The molecular formula is C16H24N2O3. The topological polar surface area (TPSA) is 71.5 Å². The minimum absolute atomic E-state index is 0.0523. The Morgan fingerprint density at radius 2 is 2.29 bits per heavy atom. The van der Waals surface area contributed by atoms with E-state index in [0.717, 1.165) is 5.56 Å². The van der Waals surface area contributed by atoms with Crippen molar-refractivity contribution in [3.8, 4) is 0 Å². The fraction of sp³-hybridized carbons (Fsp3) is 0.625. The van der Waals surface area contributed by atoms with Crippen molar-refractivity contribution >= 4 is 5.97 Å². The lowest BCUT2D eigenvalue weighted by atomic mass is 9.79. The fourth-order valence-corrected chi connectivity index (χ4v) is 2.77. The highest BCUT2D eigenvalue weighted by molar-refractivity contribution is 5.72. The third kappa shape index (κ3) is 4.79. The highest BCUT2D eigenvalue weighted by Crippen LogP contribution is 2.32. The third-order valence-electron chi connectivity index (χ3n) is 4.04. The predicted molar refractivity (Wildman–Crippen MR) is 79.5 cm³/mol. The van der Waals surface area contributed by atoms with Gasteiger partial charge in [-0.05, 0) is 44.2 Å². The maximum Gasteiger partial charge on any atom is 0.308 e. The van der Waals surface area contributed by atoms with Crippen molar-refractivity contribution < 1.29 is 14.6 Å². The Morgan fingerprint density at radius 3 is 2.90 bits per heavy atom. The summed E-state index contributed by atoms with van der Waals surface area (Å²) in [4.78, 5) is 15.7. The Kier molecular flexibility index (Phi) is 5.70. The van der Waals surface area contributed by atoms with Crippen LogP contribution >= 0.6 is 0 Å². The molecule has 0 spiro atoms. The zero-order valence-electron chi connectivity index (χ0n) is 12.5. The van der Waals surface area contributed by atoms with Gasteiger partial charge in [-0.3, -0.25) is 9.78 Å². The van der Waals surface area contributed by atoms with Crippen molar-refractivity contribution in [3.05, 3.63) is 30.1 Å². The van der Waals surface area contributed by atoms with Crippen molar-refractivity contribution in [1.29, 1.82) is 0 Å². The first-order valence-corrected chi connectivity index (χ1v) is 7.61. The lowest BCUT2D eigenvalue weighted by Gasteiger charge is -2.35. The van der Waals surface area contributed by atoms with Gasteiger partial charge in [-0.1, -0.05) is 6.07 Å². The van der Waals surface area contributed by atoms with Gasteiger partial charge in [0.2, 0.25) is 0 Å². The van der Waals surface area contributed by atoms with E-state index in [2.05, 4.69) is 10.3 Å². The molecule has 5 nitrogen and oxygen atoms in total.